The average Bonchev–Trinajstić information content (AvgIpc) is 2.24. The van der Waals surface area contributed by atoms with Gasteiger partial charge in [0.1, 0.15) is 11.6 Å². The molecule has 0 bridgehead atoms. The Bertz CT molecular complexity index is 419. The second-order valence-electron chi connectivity index (χ2n) is 5.48. The summed E-state index contributed by atoms with van der Waals surface area (Å²) in [4.78, 5) is 0. The van der Waals surface area contributed by atoms with Gasteiger partial charge in [-0.2, -0.15) is 0 Å². The van der Waals surface area contributed by atoms with Crippen molar-refractivity contribution >= 4 is 0 Å². The van der Waals surface area contributed by atoms with Crippen LogP contribution in [0.2, 0.25) is 0 Å². The summed E-state index contributed by atoms with van der Waals surface area (Å²) in [6, 6.07) is 3.70. The van der Waals surface area contributed by atoms with Crippen molar-refractivity contribution in [1.82, 2.24) is 0 Å². The van der Waals surface area contributed by atoms with Gasteiger partial charge in [-0.05, 0) is 37.2 Å². The Morgan fingerprint density at radius 2 is 1.94 bits per heavy atom. The Hall–Kier alpha value is -0.960. The van der Waals surface area contributed by atoms with Crippen molar-refractivity contribution in [3.63, 3.8) is 0 Å². The molecular weight excluding hydrogens is 220 g/mol. The molecule has 3 unspecified atom stereocenters. The number of hydrogen-bond acceptors (Lipinski definition) is 1. The second kappa shape index (κ2) is 4.37. The molecule has 0 aromatic heterocycles. The normalized spacial score (nSPS) is 33.7. The maximum absolute atomic E-state index is 13.8. The first kappa shape index (κ1) is 12.5. The van der Waals surface area contributed by atoms with Crippen LogP contribution in [0.15, 0.2) is 18.2 Å². The molecule has 0 radical (unpaired) electrons. The third-order valence-electron chi connectivity index (χ3n) is 4.17. The molecule has 3 heteroatoms. The molecule has 0 heterocycles. The van der Waals surface area contributed by atoms with Crippen LogP contribution in [0.3, 0.4) is 0 Å². The third-order valence-corrected chi connectivity index (χ3v) is 4.17. The maximum Gasteiger partial charge on any atom is 0.131 e. The smallest absolute Gasteiger partial charge is 0.131 e. The van der Waals surface area contributed by atoms with Gasteiger partial charge >= 0.3 is 0 Å². The molecule has 0 aliphatic heterocycles. The lowest BCUT2D eigenvalue weighted by atomic mass is 9.69. The van der Waals surface area contributed by atoms with Crippen molar-refractivity contribution in [2.24, 2.45) is 17.6 Å². The number of halogens is 2. The van der Waals surface area contributed by atoms with Crippen molar-refractivity contribution in [2.45, 2.75) is 38.6 Å². The van der Waals surface area contributed by atoms with E-state index in [0.717, 1.165) is 25.3 Å². The van der Waals surface area contributed by atoms with Gasteiger partial charge in [0.2, 0.25) is 0 Å². The van der Waals surface area contributed by atoms with Crippen molar-refractivity contribution < 1.29 is 8.78 Å². The first-order chi connectivity index (χ1) is 7.92. The molecule has 2 N–H and O–H groups in total. The summed E-state index contributed by atoms with van der Waals surface area (Å²) < 4.78 is 26.7. The number of hydrogen-bond donors (Lipinski definition) is 1. The highest BCUT2D eigenvalue weighted by atomic mass is 19.1. The molecule has 2 rings (SSSR count). The van der Waals surface area contributed by atoms with Crippen LogP contribution in [-0.2, 0) is 5.54 Å². The van der Waals surface area contributed by atoms with E-state index in [2.05, 4.69) is 13.8 Å². The Morgan fingerprint density at radius 1 is 1.24 bits per heavy atom. The summed E-state index contributed by atoms with van der Waals surface area (Å²) in [5, 5.41) is 0. The quantitative estimate of drug-likeness (QED) is 0.796. The van der Waals surface area contributed by atoms with Gasteiger partial charge in [-0.3, -0.25) is 0 Å². The van der Waals surface area contributed by atoms with Gasteiger partial charge in [0, 0.05) is 17.2 Å². The minimum atomic E-state index is -0.635. The molecule has 94 valence electrons. The van der Waals surface area contributed by atoms with E-state index in [1.165, 1.54) is 12.1 Å². The van der Waals surface area contributed by atoms with Gasteiger partial charge < -0.3 is 5.73 Å². The van der Waals surface area contributed by atoms with Crippen LogP contribution < -0.4 is 5.73 Å². The van der Waals surface area contributed by atoms with Crippen molar-refractivity contribution in [3.8, 4) is 0 Å². The van der Waals surface area contributed by atoms with Crippen LogP contribution in [-0.4, -0.2) is 0 Å². The van der Waals surface area contributed by atoms with E-state index in [4.69, 9.17) is 5.73 Å². The summed E-state index contributed by atoms with van der Waals surface area (Å²) in [6.07, 6.45) is 2.52. The van der Waals surface area contributed by atoms with Gasteiger partial charge in [-0.15, -0.1) is 0 Å². The number of nitrogens with two attached hydrogens (primary N) is 1. The lowest BCUT2D eigenvalue weighted by Crippen LogP contribution is -2.43. The molecule has 1 aliphatic carbocycles. The number of benzene rings is 1. The zero-order chi connectivity index (χ0) is 12.6. The van der Waals surface area contributed by atoms with E-state index in [-0.39, 0.29) is 0 Å². The zero-order valence-corrected chi connectivity index (χ0v) is 10.3. The largest absolute Gasteiger partial charge is 0.321 e. The molecule has 3 atom stereocenters. The Morgan fingerprint density at radius 3 is 2.53 bits per heavy atom. The molecular formula is C14H19F2N. The minimum absolute atomic E-state index is 0.456. The fraction of sp³-hybridized carbons (Fsp3) is 0.571. The standard InChI is InChI=1S/C14H19F2N/c1-9-5-6-14(17,8-10(9)2)12-4-3-11(15)7-13(12)16/h3-4,7,9-10H,5-6,8,17H2,1-2H3. The van der Waals surface area contributed by atoms with Gasteiger partial charge in [0.15, 0.2) is 0 Å². The van der Waals surface area contributed by atoms with Crippen LogP contribution in [0.1, 0.15) is 38.7 Å². The molecule has 1 fully saturated rings. The Labute approximate surface area is 101 Å². The summed E-state index contributed by atoms with van der Waals surface area (Å²) in [6.45, 7) is 4.35. The lowest BCUT2D eigenvalue weighted by Gasteiger charge is -2.40. The molecule has 1 nitrogen and oxygen atoms in total. The molecule has 1 aliphatic rings. The summed E-state index contributed by atoms with van der Waals surface area (Å²) >= 11 is 0. The lowest BCUT2D eigenvalue weighted by molar-refractivity contribution is 0.173. The first-order valence-electron chi connectivity index (χ1n) is 6.17. The molecule has 0 amide bonds. The van der Waals surface area contributed by atoms with Gasteiger partial charge in [0.05, 0.1) is 0 Å². The van der Waals surface area contributed by atoms with Crippen molar-refractivity contribution in [1.29, 1.82) is 0 Å². The zero-order valence-electron chi connectivity index (χ0n) is 10.3. The van der Waals surface area contributed by atoms with Crippen LogP contribution >= 0.6 is 0 Å². The van der Waals surface area contributed by atoms with Crippen LogP contribution in [0.25, 0.3) is 0 Å². The summed E-state index contributed by atoms with van der Waals surface area (Å²) in [5.74, 6) is 0.0229. The van der Waals surface area contributed by atoms with Gasteiger partial charge in [0.25, 0.3) is 0 Å². The minimum Gasteiger partial charge on any atom is -0.321 e. The van der Waals surface area contributed by atoms with E-state index in [0.29, 0.717) is 17.4 Å². The molecule has 1 aromatic rings. The molecule has 0 spiro atoms. The average molecular weight is 239 g/mol. The highest BCUT2D eigenvalue weighted by molar-refractivity contribution is 5.27. The van der Waals surface area contributed by atoms with Crippen LogP contribution in [0, 0.1) is 23.5 Å². The SMILES string of the molecule is CC1CCC(N)(c2ccc(F)cc2F)CC1C. The third kappa shape index (κ3) is 2.34. The first-order valence-corrected chi connectivity index (χ1v) is 6.17. The van der Waals surface area contributed by atoms with E-state index in [9.17, 15) is 8.78 Å². The molecule has 0 saturated heterocycles. The monoisotopic (exact) mass is 239 g/mol. The molecule has 1 aromatic carbocycles. The van der Waals surface area contributed by atoms with E-state index in [1.54, 1.807) is 0 Å². The second-order valence-corrected chi connectivity index (χ2v) is 5.48. The highest BCUT2D eigenvalue weighted by Crippen LogP contribution is 2.41. The molecule has 17 heavy (non-hydrogen) atoms. The van der Waals surface area contributed by atoms with Gasteiger partial charge in [-0.1, -0.05) is 19.9 Å². The van der Waals surface area contributed by atoms with Gasteiger partial charge in [-0.25, -0.2) is 8.78 Å². The predicted molar refractivity (Wildman–Crippen MR) is 64.4 cm³/mol. The number of rotatable bonds is 1. The van der Waals surface area contributed by atoms with Crippen LogP contribution in [0.4, 0.5) is 8.78 Å². The summed E-state index contributed by atoms with van der Waals surface area (Å²) in [5.41, 5.74) is 6.14. The Balaban J connectivity index is 2.32. The van der Waals surface area contributed by atoms with Crippen molar-refractivity contribution in [3.05, 3.63) is 35.4 Å². The predicted octanol–water partition coefficient (Wildman–Crippen LogP) is 3.57. The maximum atomic E-state index is 13.8. The van der Waals surface area contributed by atoms with E-state index < -0.39 is 17.2 Å². The fourth-order valence-electron chi connectivity index (χ4n) is 2.79. The van der Waals surface area contributed by atoms with Crippen LogP contribution in [0.5, 0.6) is 0 Å². The summed E-state index contributed by atoms with van der Waals surface area (Å²) in [7, 11) is 0. The van der Waals surface area contributed by atoms with Crippen molar-refractivity contribution in [2.75, 3.05) is 0 Å². The Kier molecular flexibility index (Phi) is 3.21. The highest BCUT2D eigenvalue weighted by Gasteiger charge is 2.37. The topological polar surface area (TPSA) is 26.0 Å². The van der Waals surface area contributed by atoms with E-state index in [1.807, 2.05) is 0 Å². The fourth-order valence-corrected chi connectivity index (χ4v) is 2.79. The van der Waals surface area contributed by atoms with E-state index >= 15 is 0 Å². The molecule has 1 saturated carbocycles.